The molecule has 0 aromatic carbocycles. The van der Waals surface area contributed by atoms with Crippen LogP contribution in [0.1, 0.15) is 129 Å². The van der Waals surface area contributed by atoms with Crippen molar-refractivity contribution in [1.29, 1.82) is 0 Å². The van der Waals surface area contributed by atoms with Gasteiger partial charge in [-0.15, -0.1) is 0 Å². The maximum atomic E-state index is 6.10. The lowest BCUT2D eigenvalue weighted by molar-refractivity contribution is 0.268. The Balaban J connectivity index is 3.11. The van der Waals surface area contributed by atoms with Crippen molar-refractivity contribution in [3.63, 3.8) is 0 Å². The summed E-state index contributed by atoms with van der Waals surface area (Å²) >= 11 is 0. The van der Waals surface area contributed by atoms with Crippen molar-refractivity contribution in [2.45, 2.75) is 129 Å². The Labute approximate surface area is 153 Å². The molecule has 0 aromatic heterocycles. The molecule has 0 rings (SSSR count). The predicted molar refractivity (Wildman–Crippen MR) is 110 cm³/mol. The molecule has 0 atom stereocenters. The van der Waals surface area contributed by atoms with Crippen molar-refractivity contribution >= 4 is 0 Å². The molecular weight excluding hydrogens is 292 g/mol. The summed E-state index contributed by atoms with van der Waals surface area (Å²) in [6.07, 6.45) is 25.1. The Hall–Kier alpha value is -0.0800. The van der Waals surface area contributed by atoms with Crippen molar-refractivity contribution in [1.82, 2.24) is 5.01 Å². The molecule has 0 aliphatic rings. The van der Waals surface area contributed by atoms with E-state index < -0.39 is 0 Å². The van der Waals surface area contributed by atoms with Crippen LogP contribution in [0.3, 0.4) is 0 Å². The van der Waals surface area contributed by atoms with Gasteiger partial charge in [-0.1, -0.05) is 117 Å². The first-order chi connectivity index (χ1) is 11.8. The minimum absolute atomic E-state index is 1.09. The second-order valence-corrected chi connectivity index (χ2v) is 7.69. The SMILES string of the molecule is CCCCCCCCCCCCN(N)CCCCCCCCCC. The fourth-order valence-electron chi connectivity index (χ4n) is 3.36. The van der Waals surface area contributed by atoms with Gasteiger partial charge in [0.05, 0.1) is 0 Å². The second-order valence-electron chi connectivity index (χ2n) is 7.69. The quantitative estimate of drug-likeness (QED) is 0.144. The summed E-state index contributed by atoms with van der Waals surface area (Å²) in [5.41, 5.74) is 0. The number of nitrogens with zero attached hydrogens (tertiary/aromatic N) is 1. The van der Waals surface area contributed by atoms with Crippen molar-refractivity contribution in [3.05, 3.63) is 0 Å². The van der Waals surface area contributed by atoms with Crippen LogP contribution in [0.2, 0.25) is 0 Å². The lowest BCUT2D eigenvalue weighted by Crippen LogP contribution is -2.32. The monoisotopic (exact) mass is 340 g/mol. The first-order valence-corrected chi connectivity index (χ1v) is 11.3. The Bertz CT molecular complexity index is 218. The molecule has 24 heavy (non-hydrogen) atoms. The molecule has 0 bridgehead atoms. The van der Waals surface area contributed by atoms with Gasteiger partial charge in [-0.25, -0.2) is 5.01 Å². The van der Waals surface area contributed by atoms with Gasteiger partial charge in [0, 0.05) is 13.1 Å². The fraction of sp³-hybridized carbons (Fsp3) is 1.00. The summed E-state index contributed by atoms with van der Waals surface area (Å²) in [4.78, 5) is 0. The number of hydrogen-bond donors (Lipinski definition) is 1. The number of hydrogen-bond acceptors (Lipinski definition) is 2. The average molecular weight is 341 g/mol. The molecule has 146 valence electrons. The molecule has 0 aliphatic heterocycles. The topological polar surface area (TPSA) is 29.3 Å². The summed E-state index contributed by atoms with van der Waals surface area (Å²) in [6.45, 7) is 6.75. The zero-order valence-corrected chi connectivity index (χ0v) is 17.2. The van der Waals surface area contributed by atoms with Gasteiger partial charge in [-0.2, -0.15) is 0 Å². The molecule has 0 saturated heterocycles. The lowest BCUT2D eigenvalue weighted by Gasteiger charge is -2.15. The van der Waals surface area contributed by atoms with E-state index in [0.717, 1.165) is 13.1 Å². The molecule has 0 spiro atoms. The van der Waals surface area contributed by atoms with Gasteiger partial charge in [-0.3, -0.25) is 5.84 Å². The third-order valence-corrected chi connectivity index (χ3v) is 5.10. The summed E-state index contributed by atoms with van der Waals surface area (Å²) in [6, 6.07) is 0. The van der Waals surface area contributed by atoms with E-state index in [1.807, 2.05) is 0 Å². The largest absolute Gasteiger partial charge is 0.269 e. The minimum atomic E-state index is 1.09. The lowest BCUT2D eigenvalue weighted by atomic mass is 10.1. The van der Waals surface area contributed by atoms with Crippen LogP contribution in [0.4, 0.5) is 0 Å². The van der Waals surface area contributed by atoms with Crippen molar-refractivity contribution in [3.8, 4) is 0 Å². The van der Waals surface area contributed by atoms with Crippen LogP contribution in [-0.4, -0.2) is 18.1 Å². The molecule has 0 unspecified atom stereocenters. The van der Waals surface area contributed by atoms with Gasteiger partial charge in [0.2, 0.25) is 0 Å². The number of unbranched alkanes of at least 4 members (excludes halogenated alkanes) is 16. The Kier molecular flexibility index (Phi) is 20.9. The van der Waals surface area contributed by atoms with E-state index in [1.165, 1.54) is 116 Å². The highest BCUT2D eigenvalue weighted by Crippen LogP contribution is 2.11. The molecule has 0 radical (unpaired) electrons. The molecule has 2 nitrogen and oxygen atoms in total. The highest BCUT2D eigenvalue weighted by atomic mass is 15.4. The third-order valence-electron chi connectivity index (χ3n) is 5.10. The zero-order chi connectivity index (χ0) is 17.7. The van der Waals surface area contributed by atoms with Crippen LogP contribution in [0.15, 0.2) is 0 Å². The van der Waals surface area contributed by atoms with E-state index in [0.29, 0.717) is 0 Å². The second kappa shape index (κ2) is 21.0. The van der Waals surface area contributed by atoms with Gasteiger partial charge < -0.3 is 0 Å². The van der Waals surface area contributed by atoms with E-state index in [9.17, 15) is 0 Å². The maximum absolute atomic E-state index is 6.10. The van der Waals surface area contributed by atoms with Gasteiger partial charge in [0.15, 0.2) is 0 Å². The highest BCUT2D eigenvalue weighted by Gasteiger charge is 1.99. The zero-order valence-electron chi connectivity index (χ0n) is 17.2. The summed E-state index contributed by atoms with van der Waals surface area (Å²) in [5, 5.41) is 2.06. The molecule has 0 amide bonds. The smallest absolute Gasteiger partial charge is 0.0128 e. The van der Waals surface area contributed by atoms with Crippen LogP contribution in [-0.2, 0) is 0 Å². The van der Waals surface area contributed by atoms with Crippen LogP contribution in [0.25, 0.3) is 0 Å². The third kappa shape index (κ3) is 20.0. The fourth-order valence-corrected chi connectivity index (χ4v) is 3.36. The van der Waals surface area contributed by atoms with E-state index in [-0.39, 0.29) is 0 Å². The van der Waals surface area contributed by atoms with Gasteiger partial charge in [-0.05, 0) is 12.8 Å². The standard InChI is InChI=1S/C22H48N2/c1-3-5-7-9-11-13-14-16-18-20-22-24(23)21-19-17-15-12-10-8-6-4-2/h3-23H2,1-2H3. The summed E-state index contributed by atoms with van der Waals surface area (Å²) in [5.74, 6) is 6.10. The Morgan fingerprint density at radius 3 is 0.958 bits per heavy atom. The summed E-state index contributed by atoms with van der Waals surface area (Å²) in [7, 11) is 0. The Morgan fingerprint density at radius 2 is 0.667 bits per heavy atom. The molecule has 0 aliphatic carbocycles. The first kappa shape index (κ1) is 23.9. The molecular formula is C22H48N2. The van der Waals surface area contributed by atoms with E-state index in [4.69, 9.17) is 5.84 Å². The van der Waals surface area contributed by atoms with Crippen molar-refractivity contribution in [2.75, 3.05) is 13.1 Å². The normalized spacial score (nSPS) is 11.5. The van der Waals surface area contributed by atoms with Crippen LogP contribution in [0.5, 0.6) is 0 Å². The molecule has 2 N–H and O–H groups in total. The van der Waals surface area contributed by atoms with Gasteiger partial charge in [0.1, 0.15) is 0 Å². The number of nitrogens with two attached hydrogens (primary N) is 1. The van der Waals surface area contributed by atoms with Crippen LogP contribution < -0.4 is 5.84 Å². The van der Waals surface area contributed by atoms with E-state index in [2.05, 4.69) is 18.9 Å². The molecule has 2 heteroatoms. The molecule has 0 aromatic rings. The molecule has 0 heterocycles. The molecule has 0 fully saturated rings. The van der Waals surface area contributed by atoms with E-state index in [1.54, 1.807) is 0 Å². The average Bonchev–Trinajstić information content (AvgIpc) is 2.59. The molecule has 0 saturated carbocycles. The summed E-state index contributed by atoms with van der Waals surface area (Å²) < 4.78 is 0. The van der Waals surface area contributed by atoms with Crippen molar-refractivity contribution in [2.24, 2.45) is 5.84 Å². The predicted octanol–water partition coefficient (Wildman–Crippen LogP) is 7.22. The number of rotatable bonds is 20. The minimum Gasteiger partial charge on any atom is -0.269 e. The highest BCUT2D eigenvalue weighted by molar-refractivity contribution is 4.53. The van der Waals surface area contributed by atoms with E-state index >= 15 is 0 Å². The van der Waals surface area contributed by atoms with Gasteiger partial charge in [0.25, 0.3) is 0 Å². The Morgan fingerprint density at radius 1 is 0.417 bits per heavy atom. The number of hydrazine groups is 1. The van der Waals surface area contributed by atoms with Crippen LogP contribution in [0, 0.1) is 0 Å². The first-order valence-electron chi connectivity index (χ1n) is 11.3. The van der Waals surface area contributed by atoms with Gasteiger partial charge >= 0.3 is 0 Å². The van der Waals surface area contributed by atoms with Crippen LogP contribution >= 0.6 is 0 Å². The van der Waals surface area contributed by atoms with Crippen molar-refractivity contribution < 1.29 is 0 Å². The maximum Gasteiger partial charge on any atom is 0.0128 e.